The second-order valence-corrected chi connectivity index (χ2v) is 7.44. The van der Waals surface area contributed by atoms with Gasteiger partial charge in [0.2, 0.25) is 0 Å². The number of amides is 1. The summed E-state index contributed by atoms with van der Waals surface area (Å²) in [5.41, 5.74) is 0.855. The van der Waals surface area contributed by atoms with E-state index in [1.54, 1.807) is 24.3 Å². The maximum atomic E-state index is 13.0. The quantitative estimate of drug-likeness (QED) is 0.882. The molecule has 2 fully saturated rings. The van der Waals surface area contributed by atoms with E-state index in [2.05, 4.69) is 5.16 Å². The Morgan fingerprint density at radius 1 is 1.23 bits per heavy atom. The SMILES string of the molecule is O=C(O)C1CC2CCCCC2N1C(=O)c1cc(-c2cccc(Cl)c2)on1. The van der Waals surface area contributed by atoms with Crippen LogP contribution in [-0.2, 0) is 4.79 Å². The fourth-order valence-corrected chi connectivity index (χ4v) is 4.45. The highest BCUT2D eigenvalue weighted by Crippen LogP contribution is 2.40. The van der Waals surface area contributed by atoms with Crippen molar-refractivity contribution in [3.05, 3.63) is 41.0 Å². The number of benzene rings is 1. The van der Waals surface area contributed by atoms with Crippen molar-refractivity contribution in [2.24, 2.45) is 5.92 Å². The molecule has 1 aliphatic heterocycles. The molecule has 4 rings (SSSR count). The molecule has 1 aromatic carbocycles. The number of carbonyl (C=O) groups excluding carboxylic acids is 1. The van der Waals surface area contributed by atoms with E-state index in [4.69, 9.17) is 16.1 Å². The van der Waals surface area contributed by atoms with E-state index in [0.29, 0.717) is 17.2 Å². The van der Waals surface area contributed by atoms with E-state index < -0.39 is 12.0 Å². The fourth-order valence-electron chi connectivity index (χ4n) is 4.26. The molecule has 0 radical (unpaired) electrons. The number of aliphatic carboxylic acids is 1. The number of likely N-dealkylation sites (tertiary alicyclic amines) is 1. The van der Waals surface area contributed by atoms with Crippen LogP contribution in [0, 0.1) is 5.92 Å². The van der Waals surface area contributed by atoms with Gasteiger partial charge >= 0.3 is 5.97 Å². The first-order valence-electron chi connectivity index (χ1n) is 8.82. The average molecular weight is 375 g/mol. The predicted octanol–water partition coefficient (Wildman–Crippen LogP) is 3.85. The number of halogens is 1. The van der Waals surface area contributed by atoms with Crippen LogP contribution < -0.4 is 0 Å². The second kappa shape index (κ2) is 6.76. The van der Waals surface area contributed by atoms with Gasteiger partial charge in [-0.25, -0.2) is 4.79 Å². The number of carboxylic acids is 1. The summed E-state index contributed by atoms with van der Waals surface area (Å²) >= 11 is 6.00. The molecular formula is C19H19ClN2O4. The van der Waals surface area contributed by atoms with Crippen LogP contribution in [0.2, 0.25) is 5.02 Å². The fraction of sp³-hybridized carbons (Fsp3) is 0.421. The van der Waals surface area contributed by atoms with Gasteiger partial charge in [0.1, 0.15) is 6.04 Å². The first-order chi connectivity index (χ1) is 12.5. The smallest absolute Gasteiger partial charge is 0.326 e. The Bertz CT molecular complexity index is 850. The van der Waals surface area contributed by atoms with Gasteiger partial charge in [-0.3, -0.25) is 4.79 Å². The van der Waals surface area contributed by atoms with Gasteiger partial charge in [0.15, 0.2) is 11.5 Å². The number of aromatic nitrogens is 1. The van der Waals surface area contributed by atoms with Crippen LogP contribution in [0.15, 0.2) is 34.9 Å². The Morgan fingerprint density at radius 3 is 2.81 bits per heavy atom. The van der Waals surface area contributed by atoms with Crippen molar-refractivity contribution in [1.29, 1.82) is 0 Å². The molecule has 1 saturated heterocycles. The lowest BCUT2D eigenvalue weighted by molar-refractivity contribution is -0.141. The number of fused-ring (bicyclic) bond motifs is 1. The molecule has 1 aromatic heterocycles. The summed E-state index contributed by atoms with van der Waals surface area (Å²) in [6.45, 7) is 0. The number of carbonyl (C=O) groups is 2. The molecule has 6 nitrogen and oxygen atoms in total. The molecule has 136 valence electrons. The van der Waals surface area contributed by atoms with E-state index in [9.17, 15) is 14.7 Å². The highest BCUT2D eigenvalue weighted by Gasteiger charge is 2.48. The van der Waals surface area contributed by atoms with Crippen LogP contribution in [-0.4, -0.2) is 39.1 Å². The summed E-state index contributed by atoms with van der Waals surface area (Å²) < 4.78 is 5.31. The summed E-state index contributed by atoms with van der Waals surface area (Å²) in [4.78, 5) is 26.3. The standard InChI is InChI=1S/C19H19ClN2O4/c20-13-6-3-5-12(8-13)17-10-14(21-26-17)18(23)22-15-7-2-1-4-11(15)9-16(22)19(24)25/h3,5-6,8,10-11,15-16H,1-2,4,7,9H2,(H,24,25). The maximum absolute atomic E-state index is 13.0. The lowest BCUT2D eigenvalue weighted by Crippen LogP contribution is -2.46. The van der Waals surface area contributed by atoms with Gasteiger partial charge in [0, 0.05) is 22.7 Å². The van der Waals surface area contributed by atoms with Gasteiger partial charge in [-0.15, -0.1) is 0 Å². The minimum Gasteiger partial charge on any atom is -0.480 e. The number of hydrogen-bond acceptors (Lipinski definition) is 4. The molecule has 1 amide bonds. The molecule has 0 bridgehead atoms. The Morgan fingerprint density at radius 2 is 2.04 bits per heavy atom. The van der Waals surface area contributed by atoms with Gasteiger partial charge in [0.05, 0.1) is 0 Å². The van der Waals surface area contributed by atoms with Gasteiger partial charge in [0.25, 0.3) is 5.91 Å². The molecule has 2 aromatic rings. The molecule has 1 N–H and O–H groups in total. The summed E-state index contributed by atoms with van der Waals surface area (Å²) in [5, 5.41) is 14.0. The summed E-state index contributed by atoms with van der Waals surface area (Å²) in [6, 6.07) is 7.82. The van der Waals surface area contributed by atoms with Crippen LogP contribution in [0.5, 0.6) is 0 Å². The van der Waals surface area contributed by atoms with Gasteiger partial charge in [-0.2, -0.15) is 0 Å². The van der Waals surface area contributed by atoms with Crippen molar-refractivity contribution in [3.63, 3.8) is 0 Å². The number of hydrogen-bond donors (Lipinski definition) is 1. The summed E-state index contributed by atoms with van der Waals surface area (Å²) in [5.74, 6) is -0.634. The monoisotopic (exact) mass is 374 g/mol. The van der Waals surface area contributed by atoms with Gasteiger partial charge in [-0.1, -0.05) is 41.7 Å². The molecule has 26 heavy (non-hydrogen) atoms. The second-order valence-electron chi connectivity index (χ2n) is 7.00. The minimum atomic E-state index is -0.952. The van der Waals surface area contributed by atoms with Crippen molar-refractivity contribution < 1.29 is 19.2 Å². The number of nitrogens with zero attached hydrogens (tertiary/aromatic N) is 2. The third-order valence-electron chi connectivity index (χ3n) is 5.45. The van der Waals surface area contributed by atoms with E-state index in [-0.39, 0.29) is 23.6 Å². The van der Waals surface area contributed by atoms with E-state index in [1.165, 1.54) is 4.90 Å². The summed E-state index contributed by atoms with van der Waals surface area (Å²) in [7, 11) is 0. The average Bonchev–Trinajstić information content (AvgIpc) is 3.26. The Hall–Kier alpha value is -2.34. The highest BCUT2D eigenvalue weighted by atomic mass is 35.5. The van der Waals surface area contributed by atoms with Gasteiger partial charge in [-0.05, 0) is 37.3 Å². The van der Waals surface area contributed by atoms with Gasteiger partial charge < -0.3 is 14.5 Å². The Balaban J connectivity index is 1.63. The third kappa shape index (κ3) is 2.98. The normalized spacial score (nSPS) is 25.1. The van der Waals surface area contributed by atoms with Crippen molar-refractivity contribution in [2.75, 3.05) is 0 Å². The van der Waals surface area contributed by atoms with Crippen molar-refractivity contribution >= 4 is 23.5 Å². The van der Waals surface area contributed by atoms with Crippen LogP contribution in [0.4, 0.5) is 0 Å². The van der Waals surface area contributed by atoms with Crippen LogP contribution in [0.3, 0.4) is 0 Å². The molecule has 2 heterocycles. The minimum absolute atomic E-state index is 0.0244. The van der Waals surface area contributed by atoms with Crippen molar-refractivity contribution in [1.82, 2.24) is 10.1 Å². The van der Waals surface area contributed by atoms with E-state index in [1.807, 2.05) is 6.07 Å². The molecular weight excluding hydrogens is 356 g/mol. The molecule has 3 unspecified atom stereocenters. The molecule has 7 heteroatoms. The third-order valence-corrected chi connectivity index (χ3v) is 5.68. The largest absolute Gasteiger partial charge is 0.480 e. The molecule has 2 aliphatic rings. The lowest BCUT2D eigenvalue weighted by Gasteiger charge is -2.32. The summed E-state index contributed by atoms with van der Waals surface area (Å²) in [6.07, 6.45) is 4.46. The van der Waals surface area contributed by atoms with Crippen molar-refractivity contribution in [2.45, 2.75) is 44.2 Å². The Kier molecular flexibility index (Phi) is 4.44. The molecule has 1 saturated carbocycles. The molecule has 3 atom stereocenters. The number of rotatable bonds is 3. The molecule has 1 aliphatic carbocycles. The van der Waals surface area contributed by atoms with Crippen molar-refractivity contribution in [3.8, 4) is 11.3 Å². The molecule has 0 spiro atoms. The zero-order chi connectivity index (χ0) is 18.3. The lowest BCUT2D eigenvalue weighted by atomic mass is 9.84. The van der Waals surface area contributed by atoms with Crippen LogP contribution in [0.1, 0.15) is 42.6 Å². The first kappa shape index (κ1) is 17.1. The zero-order valence-electron chi connectivity index (χ0n) is 14.1. The zero-order valence-corrected chi connectivity index (χ0v) is 14.9. The van der Waals surface area contributed by atoms with Crippen LogP contribution in [0.25, 0.3) is 11.3 Å². The first-order valence-corrected chi connectivity index (χ1v) is 9.20. The predicted molar refractivity (Wildman–Crippen MR) is 94.9 cm³/mol. The van der Waals surface area contributed by atoms with E-state index >= 15 is 0 Å². The Labute approximate surface area is 155 Å². The number of carboxylic acid groups (broad SMARTS) is 1. The van der Waals surface area contributed by atoms with Crippen LogP contribution >= 0.6 is 11.6 Å². The highest BCUT2D eigenvalue weighted by molar-refractivity contribution is 6.30. The topological polar surface area (TPSA) is 83.6 Å². The maximum Gasteiger partial charge on any atom is 0.326 e. The van der Waals surface area contributed by atoms with E-state index in [0.717, 1.165) is 31.2 Å².